The summed E-state index contributed by atoms with van der Waals surface area (Å²) in [6.07, 6.45) is 0. The minimum atomic E-state index is -0.502. The number of hydrogen-bond donors (Lipinski definition) is 0. The van der Waals surface area contributed by atoms with Crippen LogP contribution < -0.4 is 0 Å². The number of benzene rings is 8. The molecule has 3 aromatic heterocycles. The van der Waals surface area contributed by atoms with Gasteiger partial charge in [0.15, 0.2) is 17.5 Å². The maximum absolute atomic E-state index is 8.88. The zero-order valence-corrected chi connectivity index (χ0v) is 28.5. The monoisotopic (exact) mass is 696 g/mol. The van der Waals surface area contributed by atoms with Crippen molar-refractivity contribution in [2.75, 3.05) is 0 Å². The summed E-state index contributed by atoms with van der Waals surface area (Å²) in [6, 6.07) is 46.1. The molecule has 11 rings (SSSR count). The first-order valence-electron chi connectivity index (χ1n) is 20.1. The molecule has 0 saturated heterocycles. The van der Waals surface area contributed by atoms with Crippen molar-refractivity contribution in [3.63, 3.8) is 0 Å². The minimum Gasteiger partial charge on any atom is -0.456 e. The molecule has 0 aliphatic heterocycles. The van der Waals surface area contributed by atoms with E-state index in [1.54, 1.807) is 0 Å². The summed E-state index contributed by atoms with van der Waals surface area (Å²) in [7, 11) is 0. The van der Waals surface area contributed by atoms with E-state index in [0.717, 1.165) is 60.2 Å². The molecule has 5 nitrogen and oxygen atoms in total. The highest BCUT2D eigenvalue weighted by molar-refractivity contribution is 6.17. The Morgan fingerprint density at radius 1 is 0.389 bits per heavy atom. The van der Waals surface area contributed by atoms with Crippen LogP contribution in [0.1, 0.15) is 6.85 Å². The van der Waals surface area contributed by atoms with Crippen molar-refractivity contribution < 1.29 is 15.7 Å². The molecule has 0 aliphatic rings. The van der Waals surface area contributed by atoms with Crippen molar-refractivity contribution in [2.24, 2.45) is 0 Å². The Bertz CT molecular complexity index is 3480. The Balaban J connectivity index is 1.15. The van der Waals surface area contributed by atoms with Crippen LogP contribution >= 0.6 is 0 Å². The van der Waals surface area contributed by atoms with E-state index in [4.69, 9.17) is 30.6 Å². The summed E-state index contributed by atoms with van der Waals surface area (Å²) < 4.78 is 56.0. The van der Waals surface area contributed by atoms with Gasteiger partial charge < -0.3 is 8.83 Å². The molecule has 54 heavy (non-hydrogen) atoms. The second-order valence-electron chi connectivity index (χ2n) is 13.2. The summed E-state index contributed by atoms with van der Waals surface area (Å²) in [5.74, 6) is 0.389. The fourth-order valence-electron chi connectivity index (χ4n) is 7.47. The Kier molecular flexibility index (Phi) is 5.73. The topological polar surface area (TPSA) is 65.0 Å². The average molecular weight is 697 g/mol. The maximum atomic E-state index is 8.88. The van der Waals surface area contributed by atoms with Crippen molar-refractivity contribution in [2.45, 2.75) is 0 Å². The van der Waals surface area contributed by atoms with Gasteiger partial charge in [0.2, 0.25) is 0 Å². The Labute approximate surface area is 316 Å². The van der Waals surface area contributed by atoms with Crippen molar-refractivity contribution in [3.05, 3.63) is 176 Å². The number of fused-ring (bicyclic) bond motifs is 8. The first-order valence-corrected chi connectivity index (χ1v) is 17.6. The molecule has 252 valence electrons. The normalized spacial score (nSPS) is 13.0. The van der Waals surface area contributed by atoms with Gasteiger partial charge in [0.05, 0.1) is 12.4 Å². The van der Waals surface area contributed by atoms with Gasteiger partial charge in [-0.05, 0) is 58.0 Å². The van der Waals surface area contributed by atoms with Crippen molar-refractivity contribution in [1.82, 2.24) is 15.0 Å². The molecule has 0 radical (unpaired) electrons. The largest absolute Gasteiger partial charge is 0.456 e. The molecule has 5 heteroatoms. The van der Waals surface area contributed by atoms with Gasteiger partial charge >= 0.3 is 0 Å². The van der Waals surface area contributed by atoms with Crippen molar-refractivity contribution in [1.29, 1.82) is 0 Å². The fraction of sp³-hybridized carbons (Fsp3) is 0. The molecule has 0 atom stereocenters. The van der Waals surface area contributed by atoms with Gasteiger partial charge in [-0.15, -0.1) is 0 Å². The number of furan rings is 2. The molecule has 8 aromatic carbocycles. The standard InChI is InChI=1S/C49H29N3O2/c1-3-11-30(12-4-1)31-21-23-32(24-22-31)35-26-28-42-41(29-35)44-39(18-10-20-43(44)53-42)48-50-47(34-14-5-2-6-15-34)51-49(52-48)40-19-9-17-37-38-27-25-33-13-7-8-16-36(33)45(38)54-46(37)40/h1-29H/i2D,5D,6D,14D,15D. The number of nitrogens with zero attached hydrogens (tertiary/aromatic N) is 3. The second kappa shape index (κ2) is 12.1. The molecule has 0 spiro atoms. The van der Waals surface area contributed by atoms with E-state index in [0.29, 0.717) is 27.9 Å². The fourth-order valence-corrected chi connectivity index (χ4v) is 7.47. The van der Waals surface area contributed by atoms with E-state index in [9.17, 15) is 0 Å². The lowest BCUT2D eigenvalue weighted by Crippen LogP contribution is -2.00. The molecule has 0 aliphatic carbocycles. The summed E-state index contributed by atoms with van der Waals surface area (Å²) in [4.78, 5) is 14.8. The number of rotatable bonds is 5. The van der Waals surface area contributed by atoms with Gasteiger partial charge in [-0.25, -0.2) is 15.0 Å². The average Bonchev–Trinajstić information content (AvgIpc) is 3.87. The molecule has 0 fully saturated rings. The van der Waals surface area contributed by atoms with E-state index < -0.39 is 30.2 Å². The van der Waals surface area contributed by atoms with Crippen molar-refractivity contribution >= 4 is 54.6 Å². The van der Waals surface area contributed by atoms with E-state index in [2.05, 4.69) is 48.5 Å². The van der Waals surface area contributed by atoms with E-state index in [-0.39, 0.29) is 23.0 Å². The third-order valence-electron chi connectivity index (χ3n) is 10.1. The van der Waals surface area contributed by atoms with Crippen LogP contribution in [0.4, 0.5) is 0 Å². The quantitative estimate of drug-likeness (QED) is 0.179. The van der Waals surface area contributed by atoms with Crippen LogP contribution in [0.3, 0.4) is 0 Å². The van der Waals surface area contributed by atoms with Gasteiger partial charge in [0, 0.05) is 38.1 Å². The van der Waals surface area contributed by atoms with Gasteiger partial charge in [-0.2, -0.15) is 0 Å². The summed E-state index contributed by atoms with van der Waals surface area (Å²) in [5.41, 5.74) is 7.93. The zero-order valence-electron chi connectivity index (χ0n) is 33.5. The van der Waals surface area contributed by atoms with E-state index in [1.807, 2.05) is 97.1 Å². The summed E-state index contributed by atoms with van der Waals surface area (Å²) >= 11 is 0. The molecule has 3 heterocycles. The van der Waals surface area contributed by atoms with Gasteiger partial charge in [0.25, 0.3) is 0 Å². The zero-order chi connectivity index (χ0) is 39.9. The van der Waals surface area contributed by atoms with Gasteiger partial charge in [0.1, 0.15) is 22.3 Å². The van der Waals surface area contributed by atoms with Crippen LogP contribution in [-0.4, -0.2) is 15.0 Å². The second-order valence-corrected chi connectivity index (χ2v) is 13.2. The third-order valence-corrected chi connectivity index (χ3v) is 10.1. The number of aromatic nitrogens is 3. The van der Waals surface area contributed by atoms with Crippen LogP contribution in [0.25, 0.3) is 111 Å². The highest BCUT2D eigenvalue weighted by atomic mass is 16.3. The summed E-state index contributed by atoms with van der Waals surface area (Å²) in [5, 5.41) is 5.41. The van der Waals surface area contributed by atoms with Gasteiger partial charge in [-0.1, -0.05) is 145 Å². The molecular formula is C49H29N3O2. The Hall–Kier alpha value is -7.37. The smallest absolute Gasteiger partial charge is 0.167 e. The first-order chi connectivity index (χ1) is 28.8. The lowest BCUT2D eigenvalue weighted by molar-refractivity contribution is 0.669. The highest BCUT2D eigenvalue weighted by Crippen LogP contribution is 2.41. The summed E-state index contributed by atoms with van der Waals surface area (Å²) in [6.45, 7) is 0. The Morgan fingerprint density at radius 2 is 1.04 bits per heavy atom. The third kappa shape index (κ3) is 4.90. The van der Waals surface area contributed by atoms with Crippen LogP contribution in [0, 0.1) is 0 Å². The minimum absolute atomic E-state index is 0.0652. The lowest BCUT2D eigenvalue weighted by atomic mass is 9.98. The molecule has 0 saturated carbocycles. The van der Waals surface area contributed by atoms with Gasteiger partial charge in [-0.3, -0.25) is 0 Å². The molecule has 0 N–H and O–H groups in total. The predicted octanol–water partition coefficient (Wildman–Crippen LogP) is 13.2. The van der Waals surface area contributed by atoms with Crippen molar-refractivity contribution in [3.8, 4) is 56.4 Å². The van der Waals surface area contributed by atoms with Crippen LogP contribution in [0.5, 0.6) is 0 Å². The number of hydrogen-bond acceptors (Lipinski definition) is 5. The molecule has 0 unspecified atom stereocenters. The van der Waals surface area contributed by atoms with E-state index in [1.165, 1.54) is 0 Å². The molecule has 0 bridgehead atoms. The predicted molar refractivity (Wildman–Crippen MR) is 219 cm³/mol. The Morgan fingerprint density at radius 3 is 1.89 bits per heavy atom. The molecule has 0 amide bonds. The SMILES string of the molecule is [2H]c1c([2H])c([2H])c(-c2nc(-c3cccc4c3oc3c5ccccc5ccc43)nc(-c3cccc4oc5ccc(-c6ccc(-c7ccccc7)cc6)cc5c34)n2)c([2H])c1[2H]. The van der Waals surface area contributed by atoms with Crippen LogP contribution in [0.15, 0.2) is 185 Å². The molecule has 11 aromatic rings. The lowest BCUT2D eigenvalue weighted by Gasteiger charge is -2.10. The van der Waals surface area contributed by atoms with Crippen LogP contribution in [-0.2, 0) is 0 Å². The maximum Gasteiger partial charge on any atom is 0.167 e. The molecular weight excluding hydrogens is 663 g/mol. The van der Waals surface area contributed by atoms with E-state index >= 15 is 0 Å². The number of para-hydroxylation sites is 1. The first kappa shape index (κ1) is 25.6. The highest BCUT2D eigenvalue weighted by Gasteiger charge is 2.21. The van der Waals surface area contributed by atoms with Crippen LogP contribution in [0.2, 0.25) is 0 Å².